The van der Waals surface area contributed by atoms with Crippen LogP contribution in [0.4, 0.5) is 0 Å². The Labute approximate surface area is 133 Å². The summed E-state index contributed by atoms with van der Waals surface area (Å²) in [6.45, 7) is 0. The smallest absolute Gasteiger partial charge is 0.273 e. The summed E-state index contributed by atoms with van der Waals surface area (Å²) < 4.78 is 0. The molecule has 3 N–H and O–H groups in total. The number of halogens is 2. The molecular formula is C12H9Cl2N5O3. The maximum Gasteiger partial charge on any atom is 0.342 e. The zero-order chi connectivity index (χ0) is 16.1. The van der Waals surface area contributed by atoms with Gasteiger partial charge in [0.2, 0.25) is 5.91 Å². The molecule has 2 rings (SSSR count). The summed E-state index contributed by atoms with van der Waals surface area (Å²) in [6, 6.07) is 4.79. The molecule has 8 nitrogen and oxygen atoms in total. The minimum Gasteiger partial charge on any atom is -0.273 e. The lowest BCUT2D eigenvalue weighted by molar-refractivity contribution is -0.120. The maximum absolute atomic E-state index is 11.6. The van der Waals surface area contributed by atoms with E-state index in [-0.39, 0.29) is 12.1 Å². The Morgan fingerprint density at radius 2 is 2.14 bits per heavy atom. The van der Waals surface area contributed by atoms with Gasteiger partial charge in [0, 0.05) is 15.6 Å². The molecule has 114 valence electrons. The quantitative estimate of drug-likeness (QED) is 0.552. The lowest BCUT2D eigenvalue weighted by Crippen LogP contribution is -2.31. The van der Waals surface area contributed by atoms with Gasteiger partial charge in [-0.25, -0.2) is 15.3 Å². The van der Waals surface area contributed by atoms with Crippen LogP contribution in [-0.4, -0.2) is 27.3 Å². The van der Waals surface area contributed by atoms with Gasteiger partial charge in [0.05, 0.1) is 12.6 Å². The van der Waals surface area contributed by atoms with Crippen LogP contribution in [0.3, 0.4) is 0 Å². The standard InChI is InChI=1S/C12H9Cl2N5O3/c13-7-1-2-8(14)6(3-7)5-15-18-10(20)4-9-11(21)16-12(22)19-17-9/h1-3,5H,4H2,(H,18,20)(H2,16,19,21,22)/b15-5+. The second-order valence-corrected chi connectivity index (χ2v) is 4.93. The number of nitrogens with one attached hydrogen (secondary N) is 3. The predicted molar refractivity (Wildman–Crippen MR) is 81.4 cm³/mol. The van der Waals surface area contributed by atoms with Crippen molar-refractivity contribution < 1.29 is 4.79 Å². The molecule has 1 heterocycles. The Hall–Kier alpha value is -2.45. The monoisotopic (exact) mass is 341 g/mol. The number of aromatic amines is 2. The Balaban J connectivity index is 2.00. The van der Waals surface area contributed by atoms with Crippen LogP contribution >= 0.6 is 23.2 Å². The molecule has 0 saturated heterocycles. The molecule has 0 spiro atoms. The molecule has 10 heteroatoms. The van der Waals surface area contributed by atoms with Gasteiger partial charge in [-0.3, -0.25) is 14.6 Å². The van der Waals surface area contributed by atoms with E-state index < -0.39 is 17.2 Å². The number of hydrogen-bond donors (Lipinski definition) is 3. The topological polar surface area (TPSA) is 120 Å². The maximum atomic E-state index is 11.6. The van der Waals surface area contributed by atoms with Crippen LogP contribution in [-0.2, 0) is 11.2 Å². The van der Waals surface area contributed by atoms with Gasteiger partial charge in [-0.1, -0.05) is 23.2 Å². The van der Waals surface area contributed by atoms with Gasteiger partial charge >= 0.3 is 5.69 Å². The first kappa shape index (κ1) is 15.9. The Morgan fingerprint density at radius 1 is 1.36 bits per heavy atom. The second-order valence-electron chi connectivity index (χ2n) is 4.09. The van der Waals surface area contributed by atoms with Crippen molar-refractivity contribution in [3.05, 3.63) is 60.3 Å². The fraction of sp³-hybridized carbons (Fsp3) is 0.0833. The van der Waals surface area contributed by atoms with E-state index in [1.165, 1.54) is 6.21 Å². The molecule has 1 amide bonds. The molecule has 0 atom stereocenters. The average molecular weight is 342 g/mol. The van der Waals surface area contributed by atoms with Crippen molar-refractivity contribution >= 4 is 35.3 Å². The summed E-state index contributed by atoms with van der Waals surface area (Å²) in [7, 11) is 0. The van der Waals surface area contributed by atoms with Crippen LogP contribution in [0.5, 0.6) is 0 Å². The highest BCUT2D eigenvalue weighted by molar-refractivity contribution is 6.35. The number of aromatic nitrogens is 3. The molecular weight excluding hydrogens is 333 g/mol. The van der Waals surface area contributed by atoms with E-state index in [1.807, 2.05) is 10.1 Å². The normalized spacial score (nSPS) is 10.8. The van der Waals surface area contributed by atoms with Gasteiger partial charge in [0.15, 0.2) is 0 Å². The predicted octanol–water partition coefficient (Wildman–Crippen LogP) is 0.458. The zero-order valence-electron chi connectivity index (χ0n) is 10.9. The highest BCUT2D eigenvalue weighted by Gasteiger charge is 2.08. The van der Waals surface area contributed by atoms with Crippen LogP contribution in [0.2, 0.25) is 10.0 Å². The number of benzene rings is 1. The van der Waals surface area contributed by atoms with E-state index in [4.69, 9.17) is 23.2 Å². The van der Waals surface area contributed by atoms with Crippen molar-refractivity contribution in [3.8, 4) is 0 Å². The van der Waals surface area contributed by atoms with E-state index in [0.29, 0.717) is 15.6 Å². The molecule has 0 unspecified atom stereocenters. The molecule has 0 radical (unpaired) electrons. The van der Waals surface area contributed by atoms with Crippen LogP contribution < -0.4 is 16.7 Å². The van der Waals surface area contributed by atoms with Crippen LogP contribution in [0.25, 0.3) is 0 Å². The first-order valence-electron chi connectivity index (χ1n) is 5.90. The Kier molecular flexibility index (Phi) is 5.08. The summed E-state index contributed by atoms with van der Waals surface area (Å²) in [4.78, 5) is 35.7. The summed E-state index contributed by atoms with van der Waals surface area (Å²) in [5.41, 5.74) is 1.12. The van der Waals surface area contributed by atoms with Crippen LogP contribution in [0.15, 0.2) is 32.9 Å². The first-order chi connectivity index (χ1) is 10.5. The average Bonchev–Trinajstić information content (AvgIpc) is 2.46. The lowest BCUT2D eigenvalue weighted by atomic mass is 10.2. The number of H-pyrrole nitrogens is 2. The molecule has 22 heavy (non-hydrogen) atoms. The van der Waals surface area contributed by atoms with Crippen molar-refractivity contribution in [1.82, 2.24) is 20.6 Å². The highest BCUT2D eigenvalue weighted by atomic mass is 35.5. The third-order valence-corrected chi connectivity index (χ3v) is 3.04. The van der Waals surface area contributed by atoms with Crippen molar-refractivity contribution in [3.63, 3.8) is 0 Å². The fourth-order valence-electron chi connectivity index (χ4n) is 1.47. The highest BCUT2D eigenvalue weighted by Crippen LogP contribution is 2.18. The van der Waals surface area contributed by atoms with Gasteiger partial charge in [0.1, 0.15) is 5.69 Å². The minimum absolute atomic E-state index is 0.131. The molecule has 1 aromatic heterocycles. The Bertz CT molecular complexity index is 843. The molecule has 0 aliphatic carbocycles. The summed E-state index contributed by atoms with van der Waals surface area (Å²) in [5, 5.41) is 10.1. The molecule has 2 aromatic rings. The molecule has 0 aliphatic rings. The molecule has 0 saturated carbocycles. The van der Waals surface area contributed by atoms with Gasteiger partial charge in [-0.05, 0) is 18.2 Å². The van der Waals surface area contributed by atoms with Gasteiger partial charge in [0.25, 0.3) is 5.56 Å². The number of rotatable bonds is 4. The van der Waals surface area contributed by atoms with Crippen molar-refractivity contribution in [1.29, 1.82) is 0 Å². The first-order valence-corrected chi connectivity index (χ1v) is 6.66. The SMILES string of the molecule is O=C(Cc1n[nH]c(=O)[nH]c1=O)N/N=C/c1cc(Cl)ccc1Cl. The second kappa shape index (κ2) is 7.01. The number of nitrogens with zero attached hydrogens (tertiary/aromatic N) is 2. The molecule has 0 aliphatic heterocycles. The van der Waals surface area contributed by atoms with Crippen LogP contribution in [0.1, 0.15) is 11.3 Å². The molecule has 0 fully saturated rings. The van der Waals surface area contributed by atoms with Crippen molar-refractivity contribution in [2.45, 2.75) is 6.42 Å². The summed E-state index contributed by atoms with van der Waals surface area (Å²) >= 11 is 11.7. The third-order valence-electron chi connectivity index (χ3n) is 2.46. The zero-order valence-corrected chi connectivity index (χ0v) is 12.4. The van der Waals surface area contributed by atoms with Gasteiger partial charge in [-0.2, -0.15) is 10.2 Å². The summed E-state index contributed by atoms with van der Waals surface area (Å²) in [5.74, 6) is -0.584. The van der Waals surface area contributed by atoms with Gasteiger partial charge < -0.3 is 0 Å². The Morgan fingerprint density at radius 3 is 2.86 bits per heavy atom. The largest absolute Gasteiger partial charge is 0.342 e. The fourth-order valence-corrected chi connectivity index (χ4v) is 1.82. The molecule has 0 bridgehead atoms. The number of carbonyl (C=O) groups is 1. The van der Waals surface area contributed by atoms with E-state index >= 15 is 0 Å². The molecule has 1 aromatic carbocycles. The third kappa shape index (κ3) is 4.27. The van der Waals surface area contributed by atoms with E-state index in [2.05, 4.69) is 15.6 Å². The minimum atomic E-state index is -0.747. The van der Waals surface area contributed by atoms with Crippen molar-refractivity contribution in [2.24, 2.45) is 5.10 Å². The number of carbonyl (C=O) groups excluding carboxylic acids is 1. The lowest BCUT2D eigenvalue weighted by Gasteiger charge is -2.00. The van der Waals surface area contributed by atoms with E-state index in [0.717, 1.165) is 0 Å². The van der Waals surface area contributed by atoms with Crippen molar-refractivity contribution in [2.75, 3.05) is 0 Å². The van der Waals surface area contributed by atoms with E-state index in [1.54, 1.807) is 18.2 Å². The number of hydrazone groups is 1. The number of amides is 1. The van der Waals surface area contributed by atoms with Crippen LogP contribution in [0, 0.1) is 0 Å². The number of hydrogen-bond acceptors (Lipinski definition) is 5. The summed E-state index contributed by atoms with van der Waals surface area (Å²) in [6.07, 6.45) is 0.976. The van der Waals surface area contributed by atoms with Gasteiger partial charge in [-0.15, -0.1) is 0 Å². The van der Waals surface area contributed by atoms with E-state index in [9.17, 15) is 14.4 Å².